The Kier molecular flexibility index (Phi) is 9.45. The first-order valence-electron chi connectivity index (χ1n) is 14.0. The van der Waals surface area contributed by atoms with E-state index >= 15 is 0 Å². The summed E-state index contributed by atoms with van der Waals surface area (Å²) in [7, 11) is 0. The van der Waals surface area contributed by atoms with Gasteiger partial charge in [0.1, 0.15) is 28.7 Å². The van der Waals surface area contributed by atoms with Crippen LogP contribution in [0.2, 0.25) is 0 Å². The monoisotopic (exact) mass is 656 g/mol. The van der Waals surface area contributed by atoms with E-state index in [0.717, 1.165) is 36.3 Å². The summed E-state index contributed by atoms with van der Waals surface area (Å²) in [6.07, 6.45) is -0.0435. The van der Waals surface area contributed by atoms with Gasteiger partial charge in [0.25, 0.3) is 11.3 Å². The third-order valence-corrected chi connectivity index (χ3v) is 9.41. The van der Waals surface area contributed by atoms with Gasteiger partial charge in [-0.1, -0.05) is 18.3 Å². The van der Waals surface area contributed by atoms with E-state index in [2.05, 4.69) is 19.6 Å². The number of likely N-dealkylation sites (tertiary alicyclic amines) is 1. The molecule has 12 nitrogen and oxygen atoms in total. The first kappa shape index (κ1) is 31.7. The zero-order chi connectivity index (χ0) is 31.6. The minimum atomic E-state index is -5.06. The minimum Gasteiger partial charge on any atom is -0.464 e. The number of esters is 1. The van der Waals surface area contributed by atoms with E-state index in [1.807, 2.05) is 0 Å². The Bertz CT molecular complexity index is 1550. The quantitative estimate of drug-likeness (QED) is 0.230. The fraction of sp³-hybridized carbons (Fsp3) is 0.481. The van der Waals surface area contributed by atoms with Crippen LogP contribution in [0.1, 0.15) is 38.2 Å². The van der Waals surface area contributed by atoms with Crippen molar-refractivity contribution < 1.29 is 41.0 Å². The molecular weight excluding hydrogens is 625 g/mol. The number of nitrogens with zero attached hydrogens (tertiary/aromatic N) is 5. The fourth-order valence-electron chi connectivity index (χ4n) is 5.44. The summed E-state index contributed by atoms with van der Waals surface area (Å²) < 4.78 is 73.8. The highest BCUT2D eigenvalue weighted by molar-refractivity contribution is 7.81. The molecule has 2 fully saturated rings. The second kappa shape index (κ2) is 13.1. The van der Waals surface area contributed by atoms with Crippen molar-refractivity contribution in [2.75, 3.05) is 41.2 Å². The van der Waals surface area contributed by atoms with Crippen LogP contribution in [0.4, 0.5) is 29.1 Å². The molecule has 0 saturated carbocycles. The number of pyridine rings is 1. The topological polar surface area (TPSA) is 151 Å². The van der Waals surface area contributed by atoms with Crippen LogP contribution in [0, 0.1) is 0 Å². The highest BCUT2D eigenvalue weighted by Gasteiger charge is 2.45. The number of aromatic nitrogens is 2. The number of amides is 1. The molecule has 2 aromatic heterocycles. The molecule has 4 heterocycles. The Morgan fingerprint density at radius 1 is 1.27 bits per heavy atom. The molecule has 3 atom stereocenters. The van der Waals surface area contributed by atoms with E-state index in [0.29, 0.717) is 21.9 Å². The molecule has 44 heavy (non-hydrogen) atoms. The summed E-state index contributed by atoms with van der Waals surface area (Å²) in [5.74, 6) is -2.07. The van der Waals surface area contributed by atoms with Crippen molar-refractivity contribution in [1.29, 1.82) is 0 Å². The average molecular weight is 657 g/mol. The molecule has 3 N–H and O–H groups in total. The number of rotatable bonds is 11. The highest BCUT2D eigenvalue weighted by Crippen LogP contribution is 2.37. The number of nitrogens with two attached hydrogens (primary N) is 1. The van der Waals surface area contributed by atoms with Gasteiger partial charge < -0.3 is 25.0 Å². The number of halogens is 3. The molecule has 0 aliphatic carbocycles. The van der Waals surface area contributed by atoms with E-state index in [-0.39, 0.29) is 42.8 Å². The Labute approximate surface area is 257 Å². The van der Waals surface area contributed by atoms with Gasteiger partial charge in [0.2, 0.25) is 5.91 Å². The molecule has 17 heteroatoms. The van der Waals surface area contributed by atoms with Crippen molar-refractivity contribution in [2.24, 2.45) is 0 Å². The molecule has 1 amide bonds. The van der Waals surface area contributed by atoms with E-state index in [4.69, 9.17) is 10.5 Å². The third-order valence-electron chi connectivity index (χ3n) is 7.45. The molecule has 0 radical (unpaired) electrons. The lowest BCUT2D eigenvalue weighted by molar-refractivity contribution is -0.274. The Hall–Kier alpha value is -3.70. The number of carbonyl (C=O) groups excluding carboxylic acids is 2. The van der Waals surface area contributed by atoms with E-state index in [9.17, 15) is 31.5 Å². The number of fused-ring (bicyclic) bond motifs is 1. The number of alkyl halides is 3. The zero-order valence-electron chi connectivity index (χ0n) is 23.7. The van der Waals surface area contributed by atoms with Gasteiger partial charge >= 0.3 is 12.3 Å². The first-order valence-corrected chi connectivity index (χ1v) is 15.9. The Morgan fingerprint density at radius 3 is 2.70 bits per heavy atom. The molecule has 0 bridgehead atoms. The zero-order valence-corrected chi connectivity index (χ0v) is 25.3. The molecule has 2 saturated heterocycles. The van der Waals surface area contributed by atoms with Crippen LogP contribution in [0.3, 0.4) is 0 Å². The van der Waals surface area contributed by atoms with E-state index in [1.54, 1.807) is 13.0 Å². The molecule has 2 aliphatic heterocycles. The largest absolute Gasteiger partial charge is 0.573 e. The van der Waals surface area contributed by atoms with Gasteiger partial charge in [0.05, 0.1) is 12.8 Å². The maximum atomic E-state index is 13.8. The lowest BCUT2D eigenvalue weighted by Crippen LogP contribution is -2.49. The van der Waals surface area contributed by atoms with Crippen molar-refractivity contribution >= 4 is 61.2 Å². The van der Waals surface area contributed by atoms with Gasteiger partial charge in [-0.15, -0.1) is 13.2 Å². The van der Waals surface area contributed by atoms with Gasteiger partial charge in [-0.3, -0.25) is 9.35 Å². The molecule has 1 unspecified atom stereocenters. The molecule has 238 valence electrons. The minimum absolute atomic E-state index is 0.00871. The summed E-state index contributed by atoms with van der Waals surface area (Å²) >= 11 is -1.43. The van der Waals surface area contributed by atoms with Crippen LogP contribution in [0.25, 0.3) is 10.8 Å². The number of anilines is 3. The predicted octanol–water partition coefficient (Wildman–Crippen LogP) is 3.88. The summed E-state index contributed by atoms with van der Waals surface area (Å²) in [5.41, 5.74) is 5.86. The van der Waals surface area contributed by atoms with Gasteiger partial charge in [-0.2, -0.15) is 0 Å². The second-order valence-electron chi connectivity index (χ2n) is 10.4. The van der Waals surface area contributed by atoms with Crippen LogP contribution >= 0.6 is 11.3 Å². The van der Waals surface area contributed by atoms with Crippen molar-refractivity contribution in [3.05, 3.63) is 36.2 Å². The lowest BCUT2D eigenvalue weighted by Gasteiger charge is -2.29. The number of hydrogen-bond acceptors (Lipinski definition) is 10. The second-order valence-corrected chi connectivity index (χ2v) is 12.2. The predicted molar refractivity (Wildman–Crippen MR) is 159 cm³/mol. The number of carbonyl (C=O) groups is 2. The molecule has 1 aromatic carbocycles. The van der Waals surface area contributed by atoms with Crippen molar-refractivity contribution in [3.8, 4) is 5.75 Å². The Morgan fingerprint density at radius 2 is 2.02 bits per heavy atom. The highest BCUT2D eigenvalue weighted by atomic mass is 32.2. The van der Waals surface area contributed by atoms with Gasteiger partial charge in [-0.05, 0) is 54.8 Å². The maximum Gasteiger partial charge on any atom is 0.573 e. The lowest BCUT2D eigenvalue weighted by atomic mass is 10.00. The molecular formula is C27H31F3N6O6S2. The normalized spacial score (nSPS) is 18.6. The van der Waals surface area contributed by atoms with Crippen LogP contribution in [-0.4, -0.2) is 80.2 Å². The third kappa shape index (κ3) is 6.83. The smallest absolute Gasteiger partial charge is 0.464 e. The molecule has 2 aliphatic rings. The first-order chi connectivity index (χ1) is 21.0. The van der Waals surface area contributed by atoms with Gasteiger partial charge in [0, 0.05) is 37.6 Å². The summed E-state index contributed by atoms with van der Waals surface area (Å²) in [4.78, 5) is 38.7. The van der Waals surface area contributed by atoms with Crippen LogP contribution in [0.5, 0.6) is 5.75 Å². The summed E-state index contributed by atoms with van der Waals surface area (Å²) in [6.45, 7) is 3.41. The fourth-order valence-corrected chi connectivity index (χ4v) is 7.29. The van der Waals surface area contributed by atoms with Gasteiger partial charge in [0.15, 0.2) is 5.13 Å². The molecule has 3 aromatic rings. The number of hydrogen-bond donors (Lipinski definition) is 2. The average Bonchev–Trinajstić information content (AvgIpc) is 3.73. The van der Waals surface area contributed by atoms with Crippen molar-refractivity contribution in [2.45, 2.75) is 57.5 Å². The van der Waals surface area contributed by atoms with Crippen molar-refractivity contribution in [1.82, 2.24) is 14.9 Å². The SMILES string of the molecule is CCCOC(=O)[C@@H](Cc1cc2ccnc(N)c2cc1OC(F)(F)F)N1CC[C@H](N(c2cnc(N3CCCC3)s2)S(=O)O)C1=O. The van der Waals surface area contributed by atoms with Crippen LogP contribution in [0.15, 0.2) is 30.6 Å². The Balaban J connectivity index is 1.47. The number of nitrogen functional groups attached to an aromatic ring is 1. The molecule has 5 rings (SSSR count). The summed E-state index contributed by atoms with van der Waals surface area (Å²) in [5, 5.41) is 1.64. The summed E-state index contributed by atoms with van der Waals surface area (Å²) in [6, 6.07) is 1.58. The standard InChI is InChI=1S/C27H31F3N6O6S2/c1-2-11-41-25(38)20(13-17-12-16-5-7-32-23(31)18(16)14-21(17)42-27(28,29)30)35-10-6-19(24(35)37)36(44(39)40)22-15-33-26(43-22)34-8-3-4-9-34/h5,7,12,14-15,19-20H,2-4,6,8-11,13H2,1H3,(H2,31,32)(H,39,40)/t19-,20+/m0/s1. The van der Waals surface area contributed by atoms with Crippen molar-refractivity contribution in [3.63, 3.8) is 0 Å². The van der Waals surface area contributed by atoms with E-state index in [1.165, 1.54) is 34.7 Å². The number of benzene rings is 1. The number of thiazole rings is 1. The molecule has 0 spiro atoms. The number of ether oxygens (including phenoxy) is 2. The van der Waals surface area contributed by atoms with Gasteiger partial charge in [-0.25, -0.2) is 23.3 Å². The van der Waals surface area contributed by atoms with E-state index < -0.39 is 47.3 Å². The van der Waals surface area contributed by atoms with Crippen LogP contribution < -0.4 is 19.7 Å². The maximum absolute atomic E-state index is 13.8. The van der Waals surface area contributed by atoms with Crippen LogP contribution in [-0.2, 0) is 32.0 Å².